The van der Waals surface area contributed by atoms with Crippen LogP contribution in [-0.2, 0) is 29.1 Å². The predicted octanol–water partition coefficient (Wildman–Crippen LogP) is 2.61. The lowest BCUT2D eigenvalue weighted by Crippen LogP contribution is -2.34. The second-order valence-electron chi connectivity index (χ2n) is 7.20. The highest BCUT2D eigenvalue weighted by atomic mass is 16.5. The van der Waals surface area contributed by atoms with Crippen molar-refractivity contribution in [3.05, 3.63) is 65.4 Å². The van der Waals surface area contributed by atoms with Gasteiger partial charge in [-0.1, -0.05) is 37.3 Å². The molecule has 3 aromatic rings. The lowest BCUT2D eigenvalue weighted by molar-refractivity contribution is -0.122. The van der Waals surface area contributed by atoms with Gasteiger partial charge in [0.1, 0.15) is 17.1 Å². The van der Waals surface area contributed by atoms with Crippen LogP contribution in [0.2, 0.25) is 0 Å². The first-order valence-electron chi connectivity index (χ1n) is 9.90. The number of hydrogen-bond acceptors (Lipinski definition) is 5. The number of aryl methyl sites for hydroxylation is 1. The van der Waals surface area contributed by atoms with Crippen LogP contribution < -0.4 is 15.8 Å². The quantitative estimate of drug-likeness (QED) is 0.536. The van der Waals surface area contributed by atoms with E-state index in [0.29, 0.717) is 18.8 Å². The van der Waals surface area contributed by atoms with Gasteiger partial charge in [-0.2, -0.15) is 0 Å². The van der Waals surface area contributed by atoms with Crippen LogP contribution in [-0.4, -0.2) is 36.9 Å². The Morgan fingerprint density at radius 1 is 1.13 bits per heavy atom. The first-order valence-corrected chi connectivity index (χ1v) is 9.90. The molecule has 0 unspecified atom stereocenters. The SMILES string of the molecule is CCc1oc2ccccc2c1CN(C)CC(=O)NCc1ccc(OCC(N)=O)cc1. The summed E-state index contributed by atoms with van der Waals surface area (Å²) in [6.07, 6.45) is 0.809. The molecule has 7 heteroatoms. The number of para-hydroxylation sites is 1. The molecule has 2 aromatic carbocycles. The molecule has 0 saturated heterocycles. The van der Waals surface area contributed by atoms with Gasteiger partial charge >= 0.3 is 0 Å². The summed E-state index contributed by atoms with van der Waals surface area (Å²) in [7, 11) is 1.92. The molecule has 7 nitrogen and oxygen atoms in total. The van der Waals surface area contributed by atoms with Gasteiger partial charge in [-0.05, 0) is 30.8 Å². The highest BCUT2D eigenvalue weighted by Crippen LogP contribution is 2.27. The van der Waals surface area contributed by atoms with Gasteiger partial charge in [-0.25, -0.2) is 0 Å². The van der Waals surface area contributed by atoms with Gasteiger partial charge in [0.05, 0.1) is 6.54 Å². The minimum absolute atomic E-state index is 0.0580. The number of nitrogens with two attached hydrogens (primary N) is 1. The van der Waals surface area contributed by atoms with Crippen molar-refractivity contribution in [3.63, 3.8) is 0 Å². The Bertz CT molecular complexity index is 1010. The van der Waals surface area contributed by atoms with Crippen LogP contribution >= 0.6 is 0 Å². The molecule has 0 saturated carbocycles. The Hall–Kier alpha value is -3.32. The zero-order chi connectivity index (χ0) is 21.5. The number of nitrogens with zero attached hydrogens (tertiary/aromatic N) is 1. The molecule has 0 radical (unpaired) electrons. The van der Waals surface area contributed by atoms with Crippen molar-refractivity contribution in [2.24, 2.45) is 5.73 Å². The van der Waals surface area contributed by atoms with Gasteiger partial charge in [-0.15, -0.1) is 0 Å². The van der Waals surface area contributed by atoms with Crippen molar-refractivity contribution in [2.45, 2.75) is 26.4 Å². The fourth-order valence-electron chi connectivity index (χ4n) is 3.29. The highest BCUT2D eigenvalue weighted by Gasteiger charge is 2.15. The third-order valence-corrected chi connectivity index (χ3v) is 4.74. The average molecular weight is 409 g/mol. The Labute approximate surface area is 175 Å². The number of hydrogen-bond donors (Lipinski definition) is 2. The minimum Gasteiger partial charge on any atom is -0.484 e. The van der Waals surface area contributed by atoms with Crippen LogP contribution in [0.3, 0.4) is 0 Å². The lowest BCUT2D eigenvalue weighted by Gasteiger charge is -2.16. The molecule has 3 rings (SSSR count). The largest absolute Gasteiger partial charge is 0.484 e. The summed E-state index contributed by atoms with van der Waals surface area (Å²) in [6.45, 7) is 3.24. The van der Waals surface area contributed by atoms with Crippen molar-refractivity contribution in [2.75, 3.05) is 20.2 Å². The molecular weight excluding hydrogens is 382 g/mol. The van der Waals surface area contributed by atoms with Crippen LogP contribution in [0.1, 0.15) is 23.8 Å². The van der Waals surface area contributed by atoms with Gasteiger partial charge in [0.25, 0.3) is 5.91 Å². The van der Waals surface area contributed by atoms with Gasteiger partial charge < -0.3 is 20.2 Å². The molecule has 0 bridgehead atoms. The van der Waals surface area contributed by atoms with E-state index in [1.165, 1.54) is 0 Å². The third-order valence-electron chi connectivity index (χ3n) is 4.74. The first-order chi connectivity index (χ1) is 14.5. The third kappa shape index (κ3) is 5.61. The summed E-state index contributed by atoms with van der Waals surface area (Å²) < 4.78 is 11.2. The maximum absolute atomic E-state index is 12.4. The minimum atomic E-state index is -0.523. The van der Waals surface area contributed by atoms with E-state index in [2.05, 4.69) is 18.3 Å². The maximum atomic E-state index is 12.4. The second kappa shape index (κ2) is 9.93. The van der Waals surface area contributed by atoms with E-state index in [1.807, 2.05) is 42.3 Å². The number of benzene rings is 2. The summed E-state index contributed by atoms with van der Waals surface area (Å²) in [4.78, 5) is 25.1. The normalized spacial score (nSPS) is 11.0. The Morgan fingerprint density at radius 3 is 2.57 bits per heavy atom. The number of amides is 2. The molecule has 0 fully saturated rings. The van der Waals surface area contributed by atoms with Gasteiger partial charge in [0, 0.05) is 30.5 Å². The standard InChI is InChI=1S/C23H27N3O4/c1-3-20-19(18-6-4-5-7-21(18)30-20)13-26(2)14-23(28)25-12-16-8-10-17(11-9-16)29-15-22(24)27/h4-11H,3,12-15H2,1-2H3,(H2,24,27)(H,25,28). The molecule has 1 heterocycles. The van der Waals surface area contributed by atoms with Crippen LogP contribution in [0.15, 0.2) is 52.9 Å². The molecule has 0 spiro atoms. The number of carbonyl (C=O) groups excluding carboxylic acids is 2. The van der Waals surface area contributed by atoms with E-state index in [-0.39, 0.29) is 19.1 Å². The van der Waals surface area contributed by atoms with E-state index in [1.54, 1.807) is 12.1 Å². The zero-order valence-corrected chi connectivity index (χ0v) is 17.3. The fraction of sp³-hybridized carbons (Fsp3) is 0.304. The summed E-state index contributed by atoms with van der Waals surface area (Å²) in [5.74, 6) is 0.937. The van der Waals surface area contributed by atoms with Crippen LogP contribution in [0.4, 0.5) is 0 Å². The molecule has 0 atom stereocenters. The highest BCUT2D eigenvalue weighted by molar-refractivity contribution is 5.82. The van der Waals surface area contributed by atoms with E-state index < -0.39 is 5.91 Å². The zero-order valence-electron chi connectivity index (χ0n) is 17.3. The van der Waals surface area contributed by atoms with Crippen molar-refractivity contribution in [1.29, 1.82) is 0 Å². The molecule has 158 valence electrons. The topological polar surface area (TPSA) is 97.8 Å². The number of primary amides is 1. The van der Waals surface area contributed by atoms with E-state index in [4.69, 9.17) is 14.9 Å². The summed E-state index contributed by atoms with van der Waals surface area (Å²) in [6, 6.07) is 15.1. The van der Waals surface area contributed by atoms with Gasteiger partial charge in [-0.3, -0.25) is 14.5 Å². The Morgan fingerprint density at radius 2 is 1.87 bits per heavy atom. The van der Waals surface area contributed by atoms with Gasteiger partial charge in [0.2, 0.25) is 5.91 Å². The van der Waals surface area contributed by atoms with Gasteiger partial charge in [0.15, 0.2) is 6.61 Å². The monoisotopic (exact) mass is 409 g/mol. The summed E-state index contributed by atoms with van der Waals surface area (Å²) in [5, 5.41) is 4.02. The number of likely N-dealkylation sites (N-methyl/N-ethyl adjacent to an activating group) is 1. The molecule has 0 aliphatic carbocycles. The van der Waals surface area contributed by atoms with E-state index >= 15 is 0 Å². The molecule has 3 N–H and O–H groups in total. The first kappa shape index (κ1) is 21.4. The lowest BCUT2D eigenvalue weighted by atomic mass is 10.1. The number of ether oxygens (including phenoxy) is 1. The number of nitrogens with one attached hydrogen (secondary N) is 1. The van der Waals surface area contributed by atoms with E-state index in [9.17, 15) is 9.59 Å². The Kier molecular flexibility index (Phi) is 7.08. The smallest absolute Gasteiger partial charge is 0.255 e. The van der Waals surface area contributed by atoms with Crippen molar-refractivity contribution >= 4 is 22.8 Å². The maximum Gasteiger partial charge on any atom is 0.255 e. The molecule has 2 amide bonds. The molecular formula is C23H27N3O4. The molecule has 0 aliphatic heterocycles. The Balaban J connectivity index is 1.51. The molecule has 0 aliphatic rings. The molecule has 1 aromatic heterocycles. The number of fused-ring (bicyclic) bond motifs is 1. The van der Waals surface area contributed by atoms with Crippen LogP contribution in [0.5, 0.6) is 5.75 Å². The number of rotatable bonds is 10. The summed E-state index contributed by atoms with van der Waals surface area (Å²) >= 11 is 0. The predicted molar refractivity (Wildman–Crippen MR) is 115 cm³/mol. The van der Waals surface area contributed by atoms with E-state index in [0.717, 1.165) is 34.3 Å². The summed E-state index contributed by atoms with van der Waals surface area (Å²) in [5.41, 5.74) is 8.01. The number of furan rings is 1. The van der Waals surface area contributed by atoms with Crippen molar-refractivity contribution < 1.29 is 18.7 Å². The van der Waals surface area contributed by atoms with Crippen LogP contribution in [0.25, 0.3) is 11.0 Å². The number of carbonyl (C=O) groups is 2. The van der Waals surface area contributed by atoms with Crippen molar-refractivity contribution in [3.8, 4) is 5.75 Å². The fourth-order valence-corrected chi connectivity index (χ4v) is 3.29. The second-order valence-corrected chi connectivity index (χ2v) is 7.20. The molecule has 30 heavy (non-hydrogen) atoms. The van der Waals surface area contributed by atoms with Crippen molar-refractivity contribution in [1.82, 2.24) is 10.2 Å². The average Bonchev–Trinajstić information content (AvgIpc) is 3.09. The van der Waals surface area contributed by atoms with Crippen LogP contribution in [0, 0.1) is 0 Å².